The molecule has 0 radical (unpaired) electrons. The molecule has 0 unspecified atom stereocenters. The van der Waals surface area contributed by atoms with Gasteiger partial charge in [0.2, 0.25) is 0 Å². The summed E-state index contributed by atoms with van der Waals surface area (Å²) in [5.74, 6) is -1.05. The third-order valence-electron chi connectivity index (χ3n) is 16.9. The van der Waals surface area contributed by atoms with Crippen LogP contribution in [0.25, 0.3) is 0 Å². The summed E-state index contributed by atoms with van der Waals surface area (Å²) in [6, 6.07) is 0. The van der Waals surface area contributed by atoms with Crippen LogP contribution in [0.5, 0.6) is 0 Å². The summed E-state index contributed by atoms with van der Waals surface area (Å²) < 4.78 is 82.0. The summed E-state index contributed by atoms with van der Waals surface area (Å²) >= 11 is 0. The van der Waals surface area contributed by atoms with E-state index in [-0.39, 0.29) is 122 Å². The number of esters is 2. The maximum absolute atomic E-state index is 13.3. The molecule has 0 bridgehead atoms. The van der Waals surface area contributed by atoms with Gasteiger partial charge in [0.1, 0.15) is 37.6 Å². The first-order chi connectivity index (χ1) is 40.7. The molecule has 89 heavy (non-hydrogen) atoms. The lowest BCUT2D eigenvalue weighted by Crippen LogP contribution is -2.60. The van der Waals surface area contributed by atoms with Gasteiger partial charge in [0.05, 0.1) is 31.8 Å². The quantitative estimate of drug-likeness (QED) is 0.0445. The number of piperidine rings is 4. The van der Waals surface area contributed by atoms with E-state index in [2.05, 4.69) is 21.3 Å². The molecule has 512 valence electrons. The Morgan fingerprint density at radius 1 is 0.382 bits per heavy atom. The SMILES string of the molecule is CC1(C)CC(OC(=O)OC(CCCC(=O)OCC(C)(C)C2OCC3(CO2)COC(C(C)(C)COC(=O)CCCC(OC(=O)OC2CC(C)(C)NC(C)(C)C2)OC(=O)OC2CC(C)(C)NC(C)(C)C2)OC3)OC(=O)OC2CC(C)(C)NC(C)(C)C2)CC(C)(C)N1. The van der Waals surface area contributed by atoms with E-state index in [1.165, 1.54) is 0 Å². The summed E-state index contributed by atoms with van der Waals surface area (Å²) in [4.78, 5) is 79.5. The first kappa shape index (κ1) is 73.7. The van der Waals surface area contributed by atoms with Gasteiger partial charge in [-0.25, -0.2) is 19.2 Å². The molecule has 1 spiro atoms. The van der Waals surface area contributed by atoms with E-state index < -0.39 is 102 Å². The van der Waals surface area contributed by atoms with Crippen LogP contribution in [0.15, 0.2) is 0 Å². The summed E-state index contributed by atoms with van der Waals surface area (Å²) in [6.45, 7) is 40.9. The lowest BCUT2D eigenvalue weighted by atomic mass is 9.81. The Kier molecular flexibility index (Phi) is 23.6. The number of carbonyl (C=O) groups is 6. The average molecular weight is 1270 g/mol. The van der Waals surface area contributed by atoms with Crippen molar-refractivity contribution in [1.29, 1.82) is 0 Å². The van der Waals surface area contributed by atoms with Gasteiger partial charge in [0.15, 0.2) is 12.6 Å². The van der Waals surface area contributed by atoms with Crippen molar-refractivity contribution in [3.05, 3.63) is 0 Å². The van der Waals surface area contributed by atoms with Gasteiger partial charge in [0.25, 0.3) is 12.6 Å². The fourth-order valence-electron chi connectivity index (χ4n) is 14.5. The van der Waals surface area contributed by atoms with Gasteiger partial charge in [-0.3, -0.25) is 9.59 Å². The van der Waals surface area contributed by atoms with Crippen molar-refractivity contribution in [3.63, 3.8) is 0 Å². The molecule has 6 aliphatic rings. The van der Waals surface area contributed by atoms with E-state index in [4.69, 9.17) is 66.3 Å². The molecule has 0 amide bonds. The van der Waals surface area contributed by atoms with Gasteiger partial charge in [-0.15, -0.1) is 0 Å². The summed E-state index contributed by atoms with van der Waals surface area (Å²) in [5, 5.41) is 14.2. The molecule has 6 aliphatic heterocycles. The Morgan fingerprint density at radius 2 is 0.596 bits per heavy atom. The highest BCUT2D eigenvalue weighted by molar-refractivity contribution is 5.70. The molecule has 4 N–H and O–H groups in total. The molecule has 24 nitrogen and oxygen atoms in total. The molecular formula is C65H112N4O20. The second-order valence-corrected chi connectivity index (χ2v) is 33.0. The third kappa shape index (κ3) is 24.3. The minimum absolute atomic E-state index is 0.0239. The molecule has 24 heteroatoms. The van der Waals surface area contributed by atoms with Crippen LogP contribution in [0.1, 0.15) is 228 Å². The van der Waals surface area contributed by atoms with E-state index in [1.807, 2.05) is 138 Å². The maximum atomic E-state index is 13.3. The molecule has 6 rings (SSSR count). The number of hydrogen-bond donors (Lipinski definition) is 4. The van der Waals surface area contributed by atoms with Crippen LogP contribution in [0, 0.1) is 16.2 Å². The normalized spacial score (nSPS) is 26.7. The molecular weight excluding hydrogens is 1160 g/mol. The number of carbonyl (C=O) groups excluding carboxylic acids is 6. The molecule has 6 fully saturated rings. The molecule has 0 aromatic heterocycles. The highest BCUT2D eigenvalue weighted by Gasteiger charge is 2.50. The Bertz CT molecular complexity index is 2080. The van der Waals surface area contributed by atoms with Crippen LogP contribution < -0.4 is 21.3 Å². The lowest BCUT2D eigenvalue weighted by Gasteiger charge is -2.48. The lowest BCUT2D eigenvalue weighted by molar-refractivity contribution is -0.337. The Hall–Kier alpha value is -4.30. The second-order valence-electron chi connectivity index (χ2n) is 33.0. The predicted molar refractivity (Wildman–Crippen MR) is 326 cm³/mol. The Labute approximate surface area is 529 Å². The van der Waals surface area contributed by atoms with Crippen LogP contribution in [0.2, 0.25) is 0 Å². The number of nitrogens with one attached hydrogen (secondary N) is 4. The highest BCUT2D eigenvalue weighted by atomic mass is 16.8. The summed E-state index contributed by atoms with van der Waals surface area (Å²) in [6.07, 6.45) is -5.51. The first-order valence-electron chi connectivity index (χ1n) is 32.1. The Morgan fingerprint density at radius 3 is 0.809 bits per heavy atom. The smallest absolute Gasteiger partial charge is 0.465 e. The van der Waals surface area contributed by atoms with Gasteiger partial charge in [-0.2, -0.15) is 0 Å². The zero-order valence-corrected chi connectivity index (χ0v) is 57.4. The Balaban J connectivity index is 0.922. The molecule has 0 saturated carbocycles. The summed E-state index contributed by atoms with van der Waals surface area (Å²) in [7, 11) is 0. The van der Waals surface area contributed by atoms with Crippen LogP contribution in [-0.2, 0) is 75.9 Å². The minimum atomic E-state index is -1.39. The zero-order valence-electron chi connectivity index (χ0n) is 57.4. The molecule has 0 aromatic carbocycles. The van der Waals surface area contributed by atoms with E-state index in [1.54, 1.807) is 0 Å². The molecule has 0 atom stereocenters. The molecule has 0 aromatic rings. The second kappa shape index (κ2) is 28.5. The van der Waals surface area contributed by atoms with Crippen molar-refractivity contribution in [1.82, 2.24) is 21.3 Å². The highest BCUT2D eigenvalue weighted by Crippen LogP contribution is 2.40. The minimum Gasteiger partial charge on any atom is -0.465 e. The van der Waals surface area contributed by atoms with E-state index >= 15 is 0 Å². The van der Waals surface area contributed by atoms with Crippen LogP contribution >= 0.6 is 0 Å². The monoisotopic (exact) mass is 1270 g/mol. The van der Waals surface area contributed by atoms with Crippen molar-refractivity contribution in [3.8, 4) is 0 Å². The first-order valence-corrected chi connectivity index (χ1v) is 32.1. The molecule has 6 heterocycles. The largest absolute Gasteiger partial charge is 0.511 e. The standard InChI is InChI=1S/C65H112N4O20/c1-55(2,35-76-45(70)23-21-25-47(86-51(72)82-41-27-57(5,6)66-58(7,8)28-41)87-52(73)83-42-29-59(9,10)67-60(11,12)30-42)49-78-37-65(38-79-49)39-80-50(81-40-65)56(3,4)36-77-46(71)24-22-26-48(88-53(74)84-43-31-61(13,14)68-62(15,16)32-43)89-54(75)85-44-33-63(17,18)69-64(19,20)34-44/h41-44,47-50,66-69H,21-40H2,1-20H3. The van der Waals surface area contributed by atoms with Gasteiger partial charge >= 0.3 is 36.6 Å². The zero-order chi connectivity index (χ0) is 66.5. The van der Waals surface area contributed by atoms with E-state index in [0.717, 1.165) is 0 Å². The average Bonchev–Trinajstić information content (AvgIpc) is 2.04. The number of hydrogen-bond acceptors (Lipinski definition) is 24. The maximum Gasteiger partial charge on any atom is 0.511 e. The fraction of sp³-hybridized carbons (Fsp3) is 0.908. The molecule has 6 saturated heterocycles. The number of ether oxygens (including phenoxy) is 14. The van der Waals surface area contributed by atoms with Crippen LogP contribution in [0.3, 0.4) is 0 Å². The van der Waals surface area contributed by atoms with Crippen LogP contribution in [-0.4, -0.2) is 170 Å². The van der Waals surface area contributed by atoms with Crippen molar-refractivity contribution < 1.29 is 95.1 Å². The van der Waals surface area contributed by atoms with Crippen molar-refractivity contribution in [2.75, 3.05) is 39.6 Å². The predicted octanol–water partition coefficient (Wildman–Crippen LogP) is 10.7. The fourth-order valence-corrected chi connectivity index (χ4v) is 14.5. The molecule has 0 aliphatic carbocycles. The third-order valence-corrected chi connectivity index (χ3v) is 16.9. The van der Waals surface area contributed by atoms with Gasteiger partial charge in [0, 0.05) is 132 Å². The topological polar surface area (TPSA) is 280 Å². The van der Waals surface area contributed by atoms with Gasteiger partial charge < -0.3 is 87.6 Å². The van der Waals surface area contributed by atoms with Crippen molar-refractivity contribution in [2.45, 2.75) is 322 Å². The van der Waals surface area contributed by atoms with Crippen molar-refractivity contribution in [2.24, 2.45) is 16.2 Å². The summed E-state index contributed by atoms with van der Waals surface area (Å²) in [5.41, 5.74) is -4.59. The van der Waals surface area contributed by atoms with Crippen molar-refractivity contribution >= 4 is 36.6 Å². The van der Waals surface area contributed by atoms with Crippen LogP contribution in [0.4, 0.5) is 19.2 Å². The van der Waals surface area contributed by atoms with Gasteiger partial charge in [-0.1, -0.05) is 27.7 Å². The van der Waals surface area contributed by atoms with Gasteiger partial charge in [-0.05, 0) is 124 Å². The number of rotatable bonds is 22. The van der Waals surface area contributed by atoms with E-state index in [9.17, 15) is 28.8 Å². The van der Waals surface area contributed by atoms with E-state index in [0.29, 0.717) is 51.4 Å².